The lowest BCUT2D eigenvalue weighted by Gasteiger charge is -2.25. The fourth-order valence-corrected chi connectivity index (χ4v) is 8.02. The number of aromatic nitrogens is 2. The van der Waals surface area contributed by atoms with E-state index in [1.165, 1.54) is 20.2 Å². The maximum absolute atomic E-state index is 6.55. The molecule has 7 aromatic carbocycles. The van der Waals surface area contributed by atoms with Gasteiger partial charge in [-0.2, -0.15) is 0 Å². The third-order valence-electron chi connectivity index (χ3n) is 9.27. The molecule has 4 nitrogen and oxygen atoms in total. The molecule has 0 unspecified atom stereocenters. The second-order valence-electron chi connectivity index (χ2n) is 12.2. The van der Waals surface area contributed by atoms with Crippen LogP contribution in [-0.2, 0) is 0 Å². The molecule has 0 fully saturated rings. The molecular formula is C44H27N3OS. The Morgan fingerprint density at radius 3 is 2.02 bits per heavy atom. The minimum absolute atomic E-state index is 0.621. The number of nitrogens with zero attached hydrogens (tertiary/aromatic N) is 3. The van der Waals surface area contributed by atoms with Crippen LogP contribution in [0.25, 0.3) is 75.5 Å². The van der Waals surface area contributed by atoms with Crippen molar-refractivity contribution in [3.63, 3.8) is 0 Å². The van der Waals surface area contributed by atoms with Crippen molar-refractivity contribution in [2.45, 2.75) is 0 Å². The smallest absolute Gasteiger partial charge is 0.227 e. The van der Waals surface area contributed by atoms with E-state index < -0.39 is 0 Å². The van der Waals surface area contributed by atoms with E-state index in [4.69, 9.17) is 14.4 Å². The van der Waals surface area contributed by atoms with Crippen molar-refractivity contribution in [2.75, 3.05) is 4.90 Å². The number of hydrogen-bond acceptors (Lipinski definition) is 5. The first kappa shape index (κ1) is 27.8. The molecule has 0 amide bonds. The minimum atomic E-state index is 0.621. The summed E-state index contributed by atoms with van der Waals surface area (Å²) in [6.07, 6.45) is 0. The standard InChI is InChI=1S/C44H27N3OS/c1-3-10-29(11-4-1)37-15-9-17-41(45-37)47(33-23-25-40-36(27-33)34-14-7-8-16-39(34)49-40)32-22-20-28-18-19-30-21-24-38-43(42(30)35(28)26-32)48-44(46-38)31-12-5-2-6-13-31/h1-27H. The molecule has 49 heavy (non-hydrogen) atoms. The predicted molar refractivity (Wildman–Crippen MR) is 205 cm³/mol. The molecule has 0 saturated heterocycles. The van der Waals surface area contributed by atoms with Crippen molar-refractivity contribution in [3.05, 3.63) is 164 Å². The molecule has 0 bridgehead atoms. The topological polar surface area (TPSA) is 42.2 Å². The summed E-state index contributed by atoms with van der Waals surface area (Å²) in [5, 5.41) is 6.90. The van der Waals surface area contributed by atoms with E-state index in [0.717, 1.165) is 66.7 Å². The van der Waals surface area contributed by atoms with Gasteiger partial charge in [0.2, 0.25) is 5.89 Å². The van der Waals surface area contributed by atoms with Gasteiger partial charge in [-0.1, -0.05) is 97.1 Å². The lowest BCUT2D eigenvalue weighted by molar-refractivity contribution is 0.623. The average Bonchev–Trinajstić information content (AvgIpc) is 3.78. The number of rotatable bonds is 5. The Kier molecular flexibility index (Phi) is 6.32. The second-order valence-corrected chi connectivity index (χ2v) is 13.3. The van der Waals surface area contributed by atoms with Crippen LogP contribution in [0.2, 0.25) is 0 Å². The zero-order valence-electron chi connectivity index (χ0n) is 26.2. The lowest BCUT2D eigenvalue weighted by atomic mass is 10.00. The number of hydrogen-bond donors (Lipinski definition) is 0. The summed E-state index contributed by atoms with van der Waals surface area (Å²) >= 11 is 1.83. The zero-order chi connectivity index (χ0) is 32.3. The van der Waals surface area contributed by atoms with Gasteiger partial charge in [-0.25, -0.2) is 9.97 Å². The van der Waals surface area contributed by atoms with Gasteiger partial charge >= 0.3 is 0 Å². The molecule has 0 saturated carbocycles. The Bertz CT molecular complexity index is 2840. The maximum Gasteiger partial charge on any atom is 0.227 e. The molecule has 0 aliphatic rings. The van der Waals surface area contributed by atoms with Crippen LogP contribution in [0.1, 0.15) is 0 Å². The summed E-state index contributed by atoms with van der Waals surface area (Å²) < 4.78 is 9.11. The van der Waals surface area contributed by atoms with E-state index in [0.29, 0.717) is 5.89 Å². The molecule has 5 heteroatoms. The predicted octanol–water partition coefficient (Wildman–Crippen LogP) is 12.7. The van der Waals surface area contributed by atoms with Crippen LogP contribution in [0.3, 0.4) is 0 Å². The Morgan fingerprint density at radius 2 is 1.16 bits per heavy atom. The van der Waals surface area contributed by atoms with E-state index in [-0.39, 0.29) is 0 Å². The van der Waals surface area contributed by atoms with Gasteiger partial charge in [-0.3, -0.25) is 4.90 Å². The highest BCUT2D eigenvalue weighted by atomic mass is 32.1. The summed E-state index contributed by atoms with van der Waals surface area (Å²) in [6, 6.07) is 57.3. The van der Waals surface area contributed by atoms with Crippen LogP contribution in [0.15, 0.2) is 168 Å². The number of fused-ring (bicyclic) bond motifs is 8. The van der Waals surface area contributed by atoms with Crippen molar-refractivity contribution in [2.24, 2.45) is 0 Å². The zero-order valence-corrected chi connectivity index (χ0v) is 27.1. The Labute approximate surface area is 286 Å². The maximum atomic E-state index is 6.55. The van der Waals surface area contributed by atoms with E-state index in [1.54, 1.807) is 0 Å². The van der Waals surface area contributed by atoms with Crippen molar-refractivity contribution in [1.29, 1.82) is 0 Å². The average molecular weight is 646 g/mol. The van der Waals surface area contributed by atoms with E-state index >= 15 is 0 Å². The van der Waals surface area contributed by atoms with Gasteiger partial charge in [-0.05, 0) is 82.9 Å². The first-order valence-electron chi connectivity index (χ1n) is 16.3. The first-order chi connectivity index (χ1) is 24.3. The van der Waals surface area contributed by atoms with Crippen LogP contribution in [-0.4, -0.2) is 9.97 Å². The molecule has 3 heterocycles. The van der Waals surface area contributed by atoms with Gasteiger partial charge in [0.05, 0.1) is 5.69 Å². The van der Waals surface area contributed by atoms with Gasteiger partial charge in [0, 0.05) is 48.1 Å². The van der Waals surface area contributed by atoms with Crippen LogP contribution in [0, 0.1) is 0 Å². The number of oxazole rings is 1. The number of anilines is 3. The Balaban J connectivity index is 1.22. The van der Waals surface area contributed by atoms with Crippen LogP contribution in [0.5, 0.6) is 0 Å². The minimum Gasteiger partial charge on any atom is -0.435 e. The molecule has 0 aliphatic heterocycles. The quantitative estimate of drug-likeness (QED) is 0.175. The fourth-order valence-electron chi connectivity index (χ4n) is 6.94. The van der Waals surface area contributed by atoms with Crippen molar-refractivity contribution < 1.29 is 4.42 Å². The first-order valence-corrected chi connectivity index (χ1v) is 17.1. The van der Waals surface area contributed by atoms with E-state index in [2.05, 4.69) is 132 Å². The van der Waals surface area contributed by atoms with Crippen LogP contribution >= 0.6 is 11.3 Å². The summed E-state index contributed by atoms with van der Waals surface area (Å²) in [7, 11) is 0. The van der Waals surface area contributed by atoms with Crippen LogP contribution < -0.4 is 4.90 Å². The largest absolute Gasteiger partial charge is 0.435 e. The number of pyridine rings is 1. The third kappa shape index (κ3) is 4.66. The highest BCUT2D eigenvalue weighted by Crippen LogP contribution is 2.42. The van der Waals surface area contributed by atoms with Gasteiger partial charge in [0.1, 0.15) is 11.3 Å². The SMILES string of the molecule is c1ccc(-c2cccc(N(c3ccc4sc5ccccc5c4c3)c3ccc4ccc5ccc6nc(-c7ccccc7)oc6c5c4c3)n2)cc1. The molecule has 0 aliphatic carbocycles. The molecule has 3 aromatic heterocycles. The molecular weight excluding hydrogens is 619 g/mol. The normalized spacial score (nSPS) is 11.7. The fraction of sp³-hybridized carbons (Fsp3) is 0. The Hall–Kier alpha value is -6.30. The highest BCUT2D eigenvalue weighted by Gasteiger charge is 2.19. The van der Waals surface area contributed by atoms with Gasteiger partial charge in [0.25, 0.3) is 0 Å². The highest BCUT2D eigenvalue weighted by molar-refractivity contribution is 7.25. The number of benzene rings is 7. The Morgan fingerprint density at radius 1 is 0.490 bits per heavy atom. The molecule has 0 spiro atoms. The number of thiophene rings is 1. The van der Waals surface area contributed by atoms with Crippen molar-refractivity contribution >= 4 is 81.3 Å². The summed E-state index contributed by atoms with van der Waals surface area (Å²) in [5.74, 6) is 1.46. The van der Waals surface area contributed by atoms with Crippen molar-refractivity contribution in [3.8, 4) is 22.7 Å². The van der Waals surface area contributed by atoms with E-state index in [1.807, 2.05) is 47.7 Å². The molecule has 0 atom stereocenters. The van der Waals surface area contributed by atoms with Gasteiger partial charge < -0.3 is 4.42 Å². The van der Waals surface area contributed by atoms with Gasteiger partial charge in [-0.15, -0.1) is 11.3 Å². The van der Waals surface area contributed by atoms with E-state index in [9.17, 15) is 0 Å². The van der Waals surface area contributed by atoms with Crippen molar-refractivity contribution in [1.82, 2.24) is 9.97 Å². The summed E-state index contributed by atoms with van der Waals surface area (Å²) in [6.45, 7) is 0. The molecule has 10 rings (SSSR count). The molecule has 10 aromatic rings. The summed E-state index contributed by atoms with van der Waals surface area (Å²) in [4.78, 5) is 12.4. The summed E-state index contributed by atoms with van der Waals surface area (Å²) in [5.41, 5.74) is 6.65. The molecule has 0 radical (unpaired) electrons. The molecule has 230 valence electrons. The van der Waals surface area contributed by atoms with Gasteiger partial charge in [0.15, 0.2) is 5.58 Å². The van der Waals surface area contributed by atoms with Crippen LogP contribution in [0.4, 0.5) is 17.2 Å². The monoisotopic (exact) mass is 645 g/mol. The second kappa shape index (κ2) is 11.2. The third-order valence-corrected chi connectivity index (χ3v) is 10.4. The molecule has 0 N–H and O–H groups in total. The lowest BCUT2D eigenvalue weighted by Crippen LogP contribution is -2.12.